The van der Waals surface area contributed by atoms with Crippen molar-refractivity contribution in [2.45, 2.75) is 71.6 Å². The van der Waals surface area contributed by atoms with Crippen molar-refractivity contribution in [3.63, 3.8) is 0 Å². The van der Waals surface area contributed by atoms with E-state index in [0.29, 0.717) is 6.42 Å². The number of allylic oxidation sites excluding steroid dienone is 12. The van der Waals surface area contributed by atoms with Crippen molar-refractivity contribution in [1.29, 1.82) is 0 Å². The Bertz CT molecular complexity index is 661. The van der Waals surface area contributed by atoms with Crippen LogP contribution in [0, 0.1) is 0 Å². The van der Waals surface area contributed by atoms with Crippen molar-refractivity contribution < 1.29 is 19.1 Å². The highest BCUT2D eigenvalue weighted by Gasteiger charge is 2.13. The molecule has 30 heavy (non-hydrogen) atoms. The number of ketones is 1. The molecule has 0 aliphatic rings. The van der Waals surface area contributed by atoms with Crippen LogP contribution >= 0.6 is 0 Å². The van der Waals surface area contributed by atoms with Crippen molar-refractivity contribution in [3.05, 3.63) is 72.9 Å². The molecule has 0 rings (SSSR count). The zero-order valence-corrected chi connectivity index (χ0v) is 18.4. The van der Waals surface area contributed by atoms with Gasteiger partial charge in [0, 0.05) is 13.3 Å². The predicted octanol–water partition coefficient (Wildman–Crippen LogP) is 6.51. The third kappa shape index (κ3) is 20.0. The first-order valence-corrected chi connectivity index (χ1v) is 10.7. The summed E-state index contributed by atoms with van der Waals surface area (Å²) in [5.41, 5.74) is 0. The topological polar surface area (TPSA) is 60.4 Å². The van der Waals surface area contributed by atoms with E-state index in [-0.39, 0.29) is 6.42 Å². The number of hydrogen-bond donors (Lipinski definition) is 0. The minimum absolute atomic E-state index is 0.130. The number of Topliss-reactive ketones (excluding diaryl/α,β-unsaturated/α-hetero) is 1. The number of carbonyl (C=O) groups excluding carboxylic acids is 3. The zero-order chi connectivity index (χ0) is 22.3. The summed E-state index contributed by atoms with van der Waals surface area (Å²) in [6.45, 7) is 3.22. The van der Waals surface area contributed by atoms with Crippen LogP contribution in [0.4, 0.5) is 0 Å². The molecule has 0 N–H and O–H groups in total. The summed E-state index contributed by atoms with van der Waals surface area (Å²) in [5.74, 6) is -2.50. The van der Waals surface area contributed by atoms with E-state index in [1.54, 1.807) is 0 Å². The Morgan fingerprint density at radius 2 is 1.03 bits per heavy atom. The van der Waals surface area contributed by atoms with Gasteiger partial charge in [0.2, 0.25) is 5.78 Å². The van der Waals surface area contributed by atoms with E-state index < -0.39 is 17.7 Å². The van der Waals surface area contributed by atoms with Crippen LogP contribution in [0.15, 0.2) is 72.9 Å². The van der Waals surface area contributed by atoms with Gasteiger partial charge < -0.3 is 4.74 Å². The van der Waals surface area contributed by atoms with Gasteiger partial charge in [-0.3, -0.25) is 9.59 Å². The molecule has 0 heterocycles. The summed E-state index contributed by atoms with van der Waals surface area (Å²) < 4.78 is 4.37. The maximum Gasteiger partial charge on any atom is 0.381 e. The summed E-state index contributed by atoms with van der Waals surface area (Å²) in [7, 11) is 0. The van der Waals surface area contributed by atoms with E-state index in [0.717, 1.165) is 51.9 Å². The number of rotatable bonds is 16. The molecule has 0 aromatic carbocycles. The van der Waals surface area contributed by atoms with Crippen molar-refractivity contribution in [2.75, 3.05) is 0 Å². The molecule has 4 heteroatoms. The zero-order valence-electron chi connectivity index (χ0n) is 18.4. The molecule has 0 aromatic heterocycles. The largest absolute Gasteiger partial charge is 0.387 e. The van der Waals surface area contributed by atoms with Crippen molar-refractivity contribution in [3.8, 4) is 0 Å². The van der Waals surface area contributed by atoms with E-state index in [1.165, 1.54) is 0 Å². The van der Waals surface area contributed by atoms with Gasteiger partial charge >= 0.3 is 11.9 Å². The summed E-state index contributed by atoms with van der Waals surface area (Å²) in [6, 6.07) is 0. The van der Waals surface area contributed by atoms with E-state index in [2.05, 4.69) is 72.4 Å². The third-order valence-electron chi connectivity index (χ3n) is 3.84. The molecule has 0 unspecified atom stereocenters. The number of unbranched alkanes of at least 4 members (excludes halogenated alkanes) is 1. The lowest BCUT2D eigenvalue weighted by Crippen LogP contribution is -2.18. The molecule has 0 saturated carbocycles. The Morgan fingerprint density at radius 1 is 0.633 bits per heavy atom. The van der Waals surface area contributed by atoms with Crippen LogP contribution in [0.25, 0.3) is 0 Å². The first kappa shape index (κ1) is 27.2. The molecule has 0 atom stereocenters. The molecule has 0 aliphatic heterocycles. The standard InChI is InChI=1S/C26H36O4/c1-3-4-5-6-7-8-9-10-11-12-13-14-15-16-17-18-19-20-21-22-23-25(28)30-26(29)24(2)27/h4-5,7-8,10-11,13-14,16-17,19-20H,3,6,9,12,15,18,21-23H2,1-2H3/b5-4+,8-7+,11-10+,14-13+,17-16+,20-19+. The third-order valence-corrected chi connectivity index (χ3v) is 3.84. The quantitative estimate of drug-likeness (QED) is 0.0952. The molecule has 0 bridgehead atoms. The number of carbonyl (C=O) groups is 3. The Hall–Kier alpha value is -2.75. The van der Waals surface area contributed by atoms with Gasteiger partial charge in [-0.15, -0.1) is 0 Å². The fourth-order valence-electron chi connectivity index (χ4n) is 2.23. The Labute approximate surface area is 181 Å². The fourth-order valence-corrected chi connectivity index (χ4v) is 2.23. The molecular formula is C26H36O4. The van der Waals surface area contributed by atoms with E-state index >= 15 is 0 Å². The second kappa shape index (κ2) is 21.0. The second-order valence-electron chi connectivity index (χ2n) is 6.63. The minimum Gasteiger partial charge on any atom is -0.387 e. The maximum atomic E-state index is 11.3. The van der Waals surface area contributed by atoms with E-state index in [4.69, 9.17) is 0 Å². The Balaban J connectivity index is 3.62. The van der Waals surface area contributed by atoms with Crippen LogP contribution in [0.5, 0.6) is 0 Å². The Morgan fingerprint density at radius 3 is 1.43 bits per heavy atom. The van der Waals surface area contributed by atoms with Gasteiger partial charge in [-0.25, -0.2) is 4.79 Å². The van der Waals surface area contributed by atoms with Crippen LogP contribution in [-0.2, 0) is 19.1 Å². The first-order chi connectivity index (χ1) is 14.6. The van der Waals surface area contributed by atoms with Gasteiger partial charge in [0.15, 0.2) is 0 Å². The molecule has 0 aromatic rings. The summed E-state index contributed by atoms with van der Waals surface area (Å²) in [4.78, 5) is 32.9. The summed E-state index contributed by atoms with van der Waals surface area (Å²) >= 11 is 0. The molecule has 0 radical (unpaired) electrons. The second-order valence-corrected chi connectivity index (χ2v) is 6.63. The predicted molar refractivity (Wildman–Crippen MR) is 124 cm³/mol. The lowest BCUT2D eigenvalue weighted by molar-refractivity contribution is -0.163. The fraction of sp³-hybridized carbons (Fsp3) is 0.423. The number of hydrogen-bond acceptors (Lipinski definition) is 4. The van der Waals surface area contributed by atoms with Crippen molar-refractivity contribution in [2.24, 2.45) is 0 Å². The molecule has 0 aliphatic carbocycles. The molecular weight excluding hydrogens is 376 g/mol. The van der Waals surface area contributed by atoms with Gasteiger partial charge in [0.05, 0.1) is 0 Å². The Kier molecular flexibility index (Phi) is 19.0. The molecule has 0 amide bonds. The highest BCUT2D eigenvalue weighted by molar-refractivity contribution is 6.34. The van der Waals surface area contributed by atoms with Gasteiger partial charge in [-0.05, 0) is 51.4 Å². The van der Waals surface area contributed by atoms with Crippen LogP contribution < -0.4 is 0 Å². The average molecular weight is 413 g/mol. The van der Waals surface area contributed by atoms with Crippen LogP contribution in [0.3, 0.4) is 0 Å². The summed E-state index contributed by atoms with van der Waals surface area (Å²) in [5, 5.41) is 0. The summed E-state index contributed by atoms with van der Waals surface area (Å²) in [6.07, 6.45) is 33.0. The normalized spacial score (nSPS) is 12.5. The van der Waals surface area contributed by atoms with Gasteiger partial charge in [0.25, 0.3) is 0 Å². The van der Waals surface area contributed by atoms with Crippen LogP contribution in [-0.4, -0.2) is 17.7 Å². The van der Waals surface area contributed by atoms with Crippen LogP contribution in [0.1, 0.15) is 71.6 Å². The lowest BCUT2D eigenvalue weighted by atomic mass is 10.2. The van der Waals surface area contributed by atoms with Crippen LogP contribution in [0.2, 0.25) is 0 Å². The number of ether oxygens (including phenoxy) is 1. The minimum atomic E-state index is -1.09. The maximum absolute atomic E-state index is 11.3. The highest BCUT2D eigenvalue weighted by Crippen LogP contribution is 2.01. The van der Waals surface area contributed by atoms with Gasteiger partial charge in [-0.1, -0.05) is 79.8 Å². The SMILES string of the molecule is CC/C=C/C/C=C/C/C=C/C/C=C/C/C=C/C/C=C/CCCC(=O)OC(=O)C(C)=O. The first-order valence-electron chi connectivity index (χ1n) is 10.7. The molecule has 4 nitrogen and oxygen atoms in total. The van der Waals surface area contributed by atoms with Crippen molar-refractivity contribution in [1.82, 2.24) is 0 Å². The van der Waals surface area contributed by atoms with Crippen molar-refractivity contribution >= 4 is 17.7 Å². The molecule has 0 saturated heterocycles. The highest BCUT2D eigenvalue weighted by atomic mass is 16.6. The smallest absolute Gasteiger partial charge is 0.381 e. The molecule has 0 fully saturated rings. The van der Waals surface area contributed by atoms with E-state index in [9.17, 15) is 14.4 Å². The lowest BCUT2D eigenvalue weighted by Gasteiger charge is -1.98. The molecule has 0 spiro atoms. The number of esters is 2. The van der Waals surface area contributed by atoms with E-state index in [1.807, 2.05) is 12.2 Å². The van der Waals surface area contributed by atoms with Gasteiger partial charge in [0.1, 0.15) is 0 Å². The molecule has 164 valence electrons. The monoisotopic (exact) mass is 412 g/mol. The average Bonchev–Trinajstić information content (AvgIpc) is 2.72. The van der Waals surface area contributed by atoms with Gasteiger partial charge in [-0.2, -0.15) is 0 Å².